The monoisotopic (exact) mass is 303 g/mol. The van der Waals surface area contributed by atoms with Crippen molar-refractivity contribution in [1.29, 1.82) is 0 Å². The van der Waals surface area contributed by atoms with Crippen molar-refractivity contribution in [1.82, 2.24) is 5.32 Å². The summed E-state index contributed by atoms with van der Waals surface area (Å²) in [5, 5.41) is 2.92. The van der Waals surface area contributed by atoms with Gasteiger partial charge in [-0.25, -0.2) is 0 Å². The predicted molar refractivity (Wildman–Crippen MR) is 82.3 cm³/mol. The molecule has 0 aliphatic heterocycles. The fraction of sp³-hybridized carbons (Fsp3) is 0.538. The highest BCUT2D eigenvalue weighted by Crippen LogP contribution is 2.46. The third kappa shape index (κ3) is 5.59. The average Bonchev–Trinajstić information content (AvgIpc) is 2.28. The Labute approximate surface area is 120 Å². The molecule has 1 unspecified atom stereocenters. The Morgan fingerprint density at radius 1 is 1.42 bits per heavy atom. The second-order valence-electron chi connectivity index (χ2n) is 4.69. The smallest absolute Gasteiger partial charge is 0.377 e. The molecule has 0 aliphatic carbocycles. The number of likely N-dealkylation sites (N-methyl/N-ethyl adjacent to an activating group) is 1. The summed E-state index contributed by atoms with van der Waals surface area (Å²) in [6.45, 7) is 3.82. The summed E-state index contributed by atoms with van der Waals surface area (Å²) in [4.78, 5) is 10.0. The van der Waals surface area contributed by atoms with Crippen molar-refractivity contribution in [3.63, 3.8) is 0 Å². The van der Waals surface area contributed by atoms with Crippen molar-refractivity contribution in [2.24, 2.45) is 0 Å². The number of nitrogens with one attached hydrogen (secondary N) is 1. The molecule has 0 aromatic heterocycles. The first-order chi connectivity index (χ1) is 8.85. The van der Waals surface area contributed by atoms with Gasteiger partial charge >= 0.3 is 6.72 Å². The van der Waals surface area contributed by atoms with Crippen LogP contribution in [0.25, 0.3) is 0 Å². The number of rotatable bonds is 7. The molecule has 108 valence electrons. The van der Waals surface area contributed by atoms with Gasteiger partial charge in [0.25, 0.3) is 0 Å². The molecule has 0 radical (unpaired) electrons. The second kappa shape index (κ2) is 7.36. The third-order valence-electron chi connectivity index (χ3n) is 2.61. The van der Waals surface area contributed by atoms with Crippen molar-refractivity contribution < 1.29 is 13.9 Å². The van der Waals surface area contributed by atoms with E-state index in [0.29, 0.717) is 24.8 Å². The lowest BCUT2D eigenvalue weighted by atomic mass is 10.0. The summed E-state index contributed by atoms with van der Waals surface area (Å²) in [5.41, 5.74) is 2.08. The van der Waals surface area contributed by atoms with E-state index >= 15 is 0 Å². The van der Waals surface area contributed by atoms with E-state index in [9.17, 15) is 4.89 Å². The predicted octanol–water partition coefficient (Wildman–Crippen LogP) is 2.95. The molecule has 0 bridgehead atoms. The van der Waals surface area contributed by atoms with E-state index in [1.807, 2.05) is 32.2 Å². The van der Waals surface area contributed by atoms with Gasteiger partial charge in [-0.05, 0) is 37.1 Å². The molecular weight excluding hydrogens is 281 g/mol. The number of aryl methyl sites for hydroxylation is 1. The van der Waals surface area contributed by atoms with Crippen molar-refractivity contribution >= 4 is 18.5 Å². The minimum atomic E-state index is -3.24. The lowest BCUT2D eigenvalue weighted by Crippen LogP contribution is -2.14. The zero-order valence-electron chi connectivity index (χ0n) is 11.8. The van der Waals surface area contributed by atoms with Crippen LogP contribution in [0, 0.1) is 6.92 Å². The lowest BCUT2D eigenvalue weighted by molar-refractivity contribution is 0.258. The maximum Gasteiger partial charge on any atom is 0.377 e. The zero-order chi connectivity index (χ0) is 14.5. The maximum absolute atomic E-state index is 10.0. The minimum absolute atomic E-state index is 0.294. The van der Waals surface area contributed by atoms with Gasteiger partial charge in [-0.2, -0.15) is 0 Å². The summed E-state index contributed by atoms with van der Waals surface area (Å²) in [7, 11) is 1.81. The van der Waals surface area contributed by atoms with Crippen LogP contribution in [-0.4, -0.2) is 25.1 Å². The van der Waals surface area contributed by atoms with Crippen LogP contribution < -0.4 is 9.84 Å². The van der Waals surface area contributed by atoms with Crippen molar-refractivity contribution in [2.75, 3.05) is 20.2 Å². The van der Waals surface area contributed by atoms with Gasteiger partial charge in [-0.3, -0.25) is 4.52 Å². The molecule has 2 N–H and O–H groups in total. The molecule has 0 aliphatic rings. The van der Waals surface area contributed by atoms with Crippen LogP contribution in [0.2, 0.25) is 0 Å². The van der Waals surface area contributed by atoms with Gasteiger partial charge < -0.3 is 14.7 Å². The molecule has 0 amide bonds. The first kappa shape index (κ1) is 16.6. The third-order valence-corrected chi connectivity index (χ3v) is 4.09. The summed E-state index contributed by atoms with van der Waals surface area (Å²) in [6, 6.07) is 5.90. The molecule has 6 heteroatoms. The Kier molecular flexibility index (Phi) is 6.43. The Bertz CT molecular complexity index is 465. The first-order valence-electron chi connectivity index (χ1n) is 6.28. The van der Waals surface area contributed by atoms with Gasteiger partial charge in [-0.1, -0.05) is 26.0 Å². The lowest BCUT2D eigenvalue weighted by Gasteiger charge is -2.20. The molecule has 0 fully saturated rings. The normalized spacial score (nSPS) is 14.4. The van der Waals surface area contributed by atoms with Crippen LogP contribution in [0.15, 0.2) is 18.2 Å². The summed E-state index contributed by atoms with van der Waals surface area (Å²) in [5.74, 6) is 0.910. The molecule has 1 rings (SSSR count). The summed E-state index contributed by atoms with van der Waals surface area (Å²) in [6.07, 6.45) is 0. The van der Waals surface area contributed by atoms with E-state index in [1.165, 1.54) is 0 Å². The molecule has 4 nitrogen and oxygen atoms in total. The van der Waals surface area contributed by atoms with Crippen LogP contribution in [0.3, 0.4) is 0 Å². The Morgan fingerprint density at radius 2 is 2.11 bits per heavy atom. The van der Waals surface area contributed by atoms with Gasteiger partial charge in [0.15, 0.2) is 0 Å². The summed E-state index contributed by atoms with van der Waals surface area (Å²) < 4.78 is 10.8. The van der Waals surface area contributed by atoms with E-state index in [0.717, 1.165) is 11.1 Å². The zero-order valence-corrected chi connectivity index (χ0v) is 13.6. The summed E-state index contributed by atoms with van der Waals surface area (Å²) >= 11 is 5.02. The van der Waals surface area contributed by atoms with Gasteiger partial charge in [-0.15, -0.1) is 0 Å². The van der Waals surface area contributed by atoms with Crippen LogP contribution in [0.1, 0.15) is 30.9 Å². The molecular formula is C13H22NO3PS. The van der Waals surface area contributed by atoms with Gasteiger partial charge in [0, 0.05) is 18.4 Å². The van der Waals surface area contributed by atoms with E-state index in [1.54, 1.807) is 0 Å². The van der Waals surface area contributed by atoms with Gasteiger partial charge in [0.2, 0.25) is 0 Å². The fourth-order valence-electron chi connectivity index (χ4n) is 1.61. The topological polar surface area (TPSA) is 50.7 Å². The van der Waals surface area contributed by atoms with E-state index in [4.69, 9.17) is 20.9 Å². The van der Waals surface area contributed by atoms with Crippen molar-refractivity contribution in [3.05, 3.63) is 29.3 Å². The van der Waals surface area contributed by atoms with E-state index in [-0.39, 0.29) is 0 Å². The maximum atomic E-state index is 10.0. The largest absolute Gasteiger partial charge is 0.424 e. The standard InChI is InChI=1S/C13H22NO3PS/c1-10(2)12-6-5-11(3)9-13(12)17-18(15,19)16-8-7-14-4/h5-6,9-10,14H,7-8H2,1-4H3,(H,15,19). The van der Waals surface area contributed by atoms with Crippen LogP contribution >= 0.6 is 6.72 Å². The SMILES string of the molecule is CNCCOP(O)(=S)Oc1cc(C)ccc1C(C)C. The quantitative estimate of drug-likeness (QED) is 0.599. The highest BCUT2D eigenvalue weighted by Gasteiger charge is 2.19. The molecule has 1 aromatic rings. The number of benzene rings is 1. The Balaban J connectivity index is 2.85. The highest BCUT2D eigenvalue weighted by atomic mass is 32.5. The molecule has 0 spiro atoms. The van der Waals surface area contributed by atoms with Crippen LogP contribution in [-0.2, 0) is 16.3 Å². The molecule has 1 atom stereocenters. The van der Waals surface area contributed by atoms with Gasteiger partial charge in [0.1, 0.15) is 5.75 Å². The molecule has 0 saturated heterocycles. The molecule has 0 saturated carbocycles. The van der Waals surface area contributed by atoms with E-state index < -0.39 is 6.72 Å². The van der Waals surface area contributed by atoms with E-state index in [2.05, 4.69) is 19.2 Å². The van der Waals surface area contributed by atoms with Crippen LogP contribution in [0.5, 0.6) is 5.75 Å². The Morgan fingerprint density at radius 3 is 2.68 bits per heavy atom. The highest BCUT2D eigenvalue weighted by molar-refractivity contribution is 8.07. The minimum Gasteiger partial charge on any atom is -0.424 e. The number of hydrogen-bond acceptors (Lipinski definition) is 4. The fourth-order valence-corrected chi connectivity index (χ4v) is 2.86. The Hall–Kier alpha value is -0.450. The van der Waals surface area contributed by atoms with Crippen molar-refractivity contribution in [3.8, 4) is 5.75 Å². The van der Waals surface area contributed by atoms with Gasteiger partial charge in [0.05, 0.1) is 6.61 Å². The molecule has 0 heterocycles. The van der Waals surface area contributed by atoms with Crippen molar-refractivity contribution in [2.45, 2.75) is 26.7 Å². The molecule has 1 aromatic carbocycles. The second-order valence-corrected chi connectivity index (χ2v) is 7.45. The first-order valence-corrected chi connectivity index (χ1v) is 8.87. The number of hydrogen-bond donors (Lipinski definition) is 2. The molecule has 19 heavy (non-hydrogen) atoms. The van der Waals surface area contributed by atoms with Crippen LogP contribution in [0.4, 0.5) is 0 Å². The average molecular weight is 303 g/mol.